The fraction of sp³-hybridized carbons (Fsp3) is 0.556. The van der Waals surface area contributed by atoms with E-state index in [4.69, 9.17) is 10.5 Å². The molecule has 0 spiro atoms. The van der Waals surface area contributed by atoms with Gasteiger partial charge in [-0.25, -0.2) is 0 Å². The summed E-state index contributed by atoms with van der Waals surface area (Å²) < 4.78 is 5.10. The third-order valence-electron chi connectivity index (χ3n) is 4.41. The molecule has 6 heteroatoms. The van der Waals surface area contributed by atoms with E-state index in [1.165, 1.54) is 0 Å². The molecule has 1 aliphatic heterocycles. The minimum Gasteiger partial charge on any atom is -0.497 e. The number of piperazine rings is 1. The molecule has 0 unspecified atom stereocenters. The predicted octanol–water partition coefficient (Wildman–Crippen LogP) is 1.35. The first-order valence-electron chi connectivity index (χ1n) is 8.21. The summed E-state index contributed by atoms with van der Waals surface area (Å²) in [6.07, 6.45) is 0. The van der Waals surface area contributed by atoms with Gasteiger partial charge in [-0.3, -0.25) is 9.59 Å². The smallest absolute Gasteiger partial charge is 0.253 e. The van der Waals surface area contributed by atoms with Crippen molar-refractivity contribution in [3.63, 3.8) is 0 Å². The van der Waals surface area contributed by atoms with Crippen molar-refractivity contribution in [2.45, 2.75) is 26.8 Å². The lowest BCUT2D eigenvalue weighted by Gasteiger charge is -2.38. The number of benzene rings is 1. The highest BCUT2D eigenvalue weighted by Gasteiger charge is 2.33. The number of methoxy groups -OCH3 is 1. The molecule has 0 saturated carbocycles. The zero-order valence-electron chi connectivity index (χ0n) is 14.9. The highest BCUT2D eigenvalue weighted by atomic mass is 16.5. The Labute approximate surface area is 143 Å². The molecule has 24 heavy (non-hydrogen) atoms. The van der Waals surface area contributed by atoms with Gasteiger partial charge in [0.05, 0.1) is 13.2 Å². The Hall–Kier alpha value is -2.08. The van der Waals surface area contributed by atoms with Crippen LogP contribution in [-0.2, 0) is 4.79 Å². The molecule has 1 aromatic carbocycles. The van der Waals surface area contributed by atoms with Crippen molar-refractivity contribution in [3.8, 4) is 5.75 Å². The minimum atomic E-state index is -0.527. The Bertz CT molecular complexity index is 585. The summed E-state index contributed by atoms with van der Waals surface area (Å²) in [5, 5.41) is 0. The standard InChI is InChI=1S/C18H27N3O3/c1-18(2,3)15(19)17(23)21-11-9-20(10-12-21)16(22)13-5-7-14(24-4)8-6-13/h5-8,15H,9-12,19H2,1-4H3/t15-/m1/s1. The van der Waals surface area contributed by atoms with Crippen LogP contribution in [-0.4, -0.2) is 60.9 Å². The Morgan fingerprint density at radius 3 is 2.00 bits per heavy atom. The van der Waals surface area contributed by atoms with Gasteiger partial charge in [-0.05, 0) is 29.7 Å². The number of hydrogen-bond acceptors (Lipinski definition) is 4. The summed E-state index contributed by atoms with van der Waals surface area (Å²) in [6.45, 7) is 7.95. The number of carbonyl (C=O) groups excluding carboxylic acids is 2. The van der Waals surface area contributed by atoms with Gasteiger partial charge in [0.25, 0.3) is 5.91 Å². The monoisotopic (exact) mass is 333 g/mol. The van der Waals surface area contributed by atoms with E-state index in [0.717, 1.165) is 5.75 Å². The van der Waals surface area contributed by atoms with Crippen LogP contribution in [0, 0.1) is 5.41 Å². The summed E-state index contributed by atoms with van der Waals surface area (Å²) in [6, 6.07) is 6.54. The molecule has 2 N–H and O–H groups in total. The molecule has 1 aliphatic rings. The molecule has 1 atom stereocenters. The van der Waals surface area contributed by atoms with Gasteiger partial charge in [-0.1, -0.05) is 20.8 Å². The van der Waals surface area contributed by atoms with Gasteiger partial charge in [0.15, 0.2) is 0 Å². The van der Waals surface area contributed by atoms with Gasteiger partial charge in [-0.15, -0.1) is 0 Å². The van der Waals surface area contributed by atoms with Crippen LogP contribution in [0.4, 0.5) is 0 Å². The van der Waals surface area contributed by atoms with Crippen molar-refractivity contribution < 1.29 is 14.3 Å². The Kier molecular flexibility index (Phi) is 5.49. The number of rotatable bonds is 3. The van der Waals surface area contributed by atoms with E-state index in [0.29, 0.717) is 31.7 Å². The zero-order valence-corrected chi connectivity index (χ0v) is 14.9. The quantitative estimate of drug-likeness (QED) is 0.906. The normalized spacial score (nSPS) is 16.7. The van der Waals surface area contributed by atoms with E-state index >= 15 is 0 Å². The number of amides is 2. The highest BCUT2D eigenvalue weighted by Crippen LogP contribution is 2.20. The molecule has 0 aliphatic carbocycles. The largest absolute Gasteiger partial charge is 0.497 e. The first kappa shape index (κ1) is 18.3. The van der Waals surface area contributed by atoms with E-state index < -0.39 is 6.04 Å². The number of nitrogens with two attached hydrogens (primary N) is 1. The second-order valence-electron chi connectivity index (χ2n) is 7.19. The third kappa shape index (κ3) is 4.06. The van der Waals surface area contributed by atoms with Gasteiger partial charge in [0.1, 0.15) is 5.75 Å². The van der Waals surface area contributed by atoms with Crippen LogP contribution in [0.1, 0.15) is 31.1 Å². The maximum Gasteiger partial charge on any atom is 0.253 e. The molecule has 0 aromatic heterocycles. The molecule has 1 fully saturated rings. The van der Waals surface area contributed by atoms with Gasteiger partial charge in [0, 0.05) is 31.7 Å². The maximum atomic E-state index is 12.5. The molecular formula is C18H27N3O3. The molecule has 1 heterocycles. The van der Waals surface area contributed by atoms with Crippen LogP contribution in [0.15, 0.2) is 24.3 Å². The molecule has 0 radical (unpaired) electrons. The van der Waals surface area contributed by atoms with Crippen LogP contribution in [0.3, 0.4) is 0 Å². The molecule has 6 nitrogen and oxygen atoms in total. The topological polar surface area (TPSA) is 75.9 Å². The number of ether oxygens (including phenoxy) is 1. The van der Waals surface area contributed by atoms with Crippen molar-refractivity contribution in [1.82, 2.24) is 9.80 Å². The Balaban J connectivity index is 1.94. The van der Waals surface area contributed by atoms with Crippen LogP contribution >= 0.6 is 0 Å². The third-order valence-corrected chi connectivity index (χ3v) is 4.41. The van der Waals surface area contributed by atoms with Gasteiger partial charge < -0.3 is 20.3 Å². The molecular weight excluding hydrogens is 306 g/mol. The minimum absolute atomic E-state index is 0.0233. The summed E-state index contributed by atoms with van der Waals surface area (Å²) in [7, 11) is 1.59. The summed E-state index contributed by atoms with van der Waals surface area (Å²) in [5.41, 5.74) is 6.41. The molecule has 0 bridgehead atoms. The van der Waals surface area contributed by atoms with Crippen molar-refractivity contribution in [3.05, 3.63) is 29.8 Å². The second kappa shape index (κ2) is 7.21. The zero-order chi connectivity index (χ0) is 17.9. The average molecular weight is 333 g/mol. The predicted molar refractivity (Wildman–Crippen MR) is 92.9 cm³/mol. The molecule has 2 amide bonds. The summed E-state index contributed by atoms with van der Waals surface area (Å²) in [4.78, 5) is 28.5. The van der Waals surface area contributed by atoms with Gasteiger partial charge in [-0.2, -0.15) is 0 Å². The van der Waals surface area contributed by atoms with E-state index in [9.17, 15) is 9.59 Å². The maximum absolute atomic E-state index is 12.5. The Morgan fingerprint density at radius 2 is 1.54 bits per heavy atom. The fourth-order valence-corrected chi connectivity index (χ4v) is 2.61. The van der Waals surface area contributed by atoms with Gasteiger partial charge >= 0.3 is 0 Å². The SMILES string of the molecule is COc1ccc(C(=O)N2CCN(C(=O)[C@@H](N)C(C)(C)C)CC2)cc1. The molecule has 2 rings (SSSR count). The van der Waals surface area contributed by atoms with E-state index in [1.54, 1.807) is 41.2 Å². The van der Waals surface area contributed by atoms with Crippen molar-refractivity contribution in [2.24, 2.45) is 11.1 Å². The van der Waals surface area contributed by atoms with Gasteiger partial charge in [0.2, 0.25) is 5.91 Å². The fourth-order valence-electron chi connectivity index (χ4n) is 2.61. The van der Waals surface area contributed by atoms with Crippen molar-refractivity contribution in [1.29, 1.82) is 0 Å². The lowest BCUT2D eigenvalue weighted by atomic mass is 9.86. The first-order chi connectivity index (χ1) is 11.2. The number of nitrogens with zero attached hydrogens (tertiary/aromatic N) is 2. The average Bonchev–Trinajstić information content (AvgIpc) is 2.59. The Morgan fingerprint density at radius 1 is 1.04 bits per heavy atom. The molecule has 1 saturated heterocycles. The lowest BCUT2D eigenvalue weighted by Crippen LogP contribution is -2.56. The molecule has 132 valence electrons. The van der Waals surface area contributed by atoms with Crippen LogP contribution in [0.25, 0.3) is 0 Å². The van der Waals surface area contributed by atoms with Crippen LogP contribution < -0.4 is 10.5 Å². The van der Waals surface area contributed by atoms with E-state index in [1.807, 2.05) is 20.8 Å². The van der Waals surface area contributed by atoms with Crippen molar-refractivity contribution in [2.75, 3.05) is 33.3 Å². The highest BCUT2D eigenvalue weighted by molar-refractivity contribution is 5.94. The molecule has 1 aromatic rings. The van der Waals surface area contributed by atoms with Crippen LogP contribution in [0.5, 0.6) is 5.75 Å². The number of hydrogen-bond donors (Lipinski definition) is 1. The lowest BCUT2D eigenvalue weighted by molar-refractivity contribution is -0.136. The van der Waals surface area contributed by atoms with Crippen LogP contribution in [0.2, 0.25) is 0 Å². The first-order valence-corrected chi connectivity index (χ1v) is 8.21. The van der Waals surface area contributed by atoms with E-state index in [-0.39, 0.29) is 17.2 Å². The number of carbonyl (C=O) groups is 2. The second-order valence-corrected chi connectivity index (χ2v) is 7.19. The summed E-state index contributed by atoms with van der Waals surface area (Å²) >= 11 is 0. The van der Waals surface area contributed by atoms with Crippen molar-refractivity contribution >= 4 is 11.8 Å². The summed E-state index contributed by atoms with van der Waals surface area (Å²) in [5.74, 6) is 0.655. The van der Waals surface area contributed by atoms with E-state index in [2.05, 4.69) is 0 Å².